The lowest BCUT2D eigenvalue weighted by atomic mass is 9.98. The summed E-state index contributed by atoms with van der Waals surface area (Å²) in [5, 5.41) is 14.5. The predicted molar refractivity (Wildman–Crippen MR) is 84.0 cm³/mol. The average Bonchev–Trinajstić information content (AvgIpc) is 2.84. The molecule has 2 rings (SSSR count). The third-order valence-electron chi connectivity index (χ3n) is 3.55. The minimum atomic E-state index is -0.724. The van der Waals surface area contributed by atoms with Crippen LogP contribution in [0.1, 0.15) is 31.6 Å². The molecule has 2 heterocycles. The number of anilines is 2. The number of hydrogen-bond acceptors (Lipinski definition) is 7. The summed E-state index contributed by atoms with van der Waals surface area (Å²) < 4.78 is 0. The van der Waals surface area contributed by atoms with Gasteiger partial charge in [0.25, 0.3) is 0 Å². The lowest BCUT2D eigenvalue weighted by molar-refractivity contribution is 0.0456. The van der Waals surface area contributed by atoms with Gasteiger partial charge in [-0.25, -0.2) is 10.8 Å². The van der Waals surface area contributed by atoms with Crippen LogP contribution in [-0.2, 0) is 0 Å². The van der Waals surface area contributed by atoms with E-state index in [0.29, 0.717) is 31.2 Å². The highest BCUT2D eigenvalue weighted by Crippen LogP contribution is 2.30. The first-order valence-corrected chi connectivity index (χ1v) is 7.54. The van der Waals surface area contributed by atoms with Crippen LogP contribution in [0.4, 0.5) is 11.8 Å². The zero-order valence-electron chi connectivity index (χ0n) is 12.0. The Hall–Kier alpha value is -1.44. The van der Waals surface area contributed by atoms with Gasteiger partial charge in [-0.1, -0.05) is 13.8 Å². The third-order valence-corrected chi connectivity index (χ3v) is 4.49. The number of aryl methyl sites for hydroxylation is 1. The Labute approximate surface area is 122 Å². The second kappa shape index (κ2) is 5.90. The Bertz CT molecular complexity index is 594. The van der Waals surface area contributed by atoms with E-state index in [1.807, 2.05) is 26.8 Å². The van der Waals surface area contributed by atoms with E-state index in [4.69, 9.17) is 5.84 Å². The lowest BCUT2D eigenvalue weighted by Crippen LogP contribution is -2.35. The molecule has 110 valence electrons. The van der Waals surface area contributed by atoms with Gasteiger partial charge < -0.3 is 10.4 Å². The summed E-state index contributed by atoms with van der Waals surface area (Å²) in [6.45, 7) is 6.43. The number of fused-ring (bicyclic) bond motifs is 1. The van der Waals surface area contributed by atoms with Crippen LogP contribution in [0.3, 0.4) is 0 Å². The molecular weight excluding hydrogens is 274 g/mol. The summed E-state index contributed by atoms with van der Waals surface area (Å²) in [7, 11) is 0. The number of nitrogen functional groups attached to an aromatic ring is 1. The molecule has 0 bridgehead atoms. The fourth-order valence-corrected chi connectivity index (χ4v) is 2.87. The van der Waals surface area contributed by atoms with Gasteiger partial charge >= 0.3 is 0 Å². The molecule has 0 amide bonds. The van der Waals surface area contributed by atoms with Gasteiger partial charge in [-0.3, -0.25) is 5.43 Å². The summed E-state index contributed by atoms with van der Waals surface area (Å²) in [6, 6.07) is 2.04. The van der Waals surface area contributed by atoms with Crippen LogP contribution in [-0.4, -0.2) is 27.2 Å². The molecule has 0 unspecified atom stereocenters. The van der Waals surface area contributed by atoms with Crippen molar-refractivity contribution in [2.45, 2.75) is 39.2 Å². The van der Waals surface area contributed by atoms with Gasteiger partial charge in [0.2, 0.25) is 5.95 Å². The zero-order chi connectivity index (χ0) is 14.8. The topological polar surface area (TPSA) is 96.1 Å². The van der Waals surface area contributed by atoms with Crippen molar-refractivity contribution in [1.29, 1.82) is 0 Å². The molecule has 5 N–H and O–H groups in total. The van der Waals surface area contributed by atoms with Crippen molar-refractivity contribution in [2.24, 2.45) is 5.84 Å². The summed E-state index contributed by atoms with van der Waals surface area (Å²) in [6.07, 6.45) is 1.38. The molecule has 2 aromatic heterocycles. The number of aliphatic hydroxyl groups is 1. The van der Waals surface area contributed by atoms with Gasteiger partial charge in [-0.2, -0.15) is 4.98 Å². The quantitative estimate of drug-likeness (QED) is 0.482. The number of nitrogens with zero attached hydrogens (tertiary/aromatic N) is 2. The minimum Gasteiger partial charge on any atom is -0.388 e. The summed E-state index contributed by atoms with van der Waals surface area (Å²) in [4.78, 5) is 10.7. The summed E-state index contributed by atoms with van der Waals surface area (Å²) in [5.74, 6) is 6.48. The van der Waals surface area contributed by atoms with Crippen LogP contribution in [0.25, 0.3) is 10.2 Å². The number of thiophene rings is 1. The maximum atomic E-state index is 10.4. The van der Waals surface area contributed by atoms with E-state index >= 15 is 0 Å². The van der Waals surface area contributed by atoms with Gasteiger partial charge in [0.1, 0.15) is 10.6 Å². The van der Waals surface area contributed by atoms with Crippen molar-refractivity contribution < 1.29 is 5.11 Å². The van der Waals surface area contributed by atoms with Crippen molar-refractivity contribution in [3.05, 3.63) is 10.9 Å². The second-order valence-electron chi connectivity index (χ2n) is 4.90. The van der Waals surface area contributed by atoms with Crippen molar-refractivity contribution in [2.75, 3.05) is 17.3 Å². The van der Waals surface area contributed by atoms with E-state index in [9.17, 15) is 5.11 Å². The van der Waals surface area contributed by atoms with E-state index in [1.54, 1.807) is 11.3 Å². The molecule has 0 aliphatic rings. The number of nitrogens with one attached hydrogen (secondary N) is 2. The van der Waals surface area contributed by atoms with Crippen LogP contribution < -0.4 is 16.6 Å². The highest BCUT2D eigenvalue weighted by molar-refractivity contribution is 7.18. The monoisotopic (exact) mass is 295 g/mol. The second-order valence-corrected chi connectivity index (χ2v) is 6.14. The fraction of sp³-hybridized carbons (Fsp3) is 0.538. The van der Waals surface area contributed by atoms with Crippen molar-refractivity contribution in [3.8, 4) is 0 Å². The smallest absolute Gasteiger partial charge is 0.240 e. The fourth-order valence-electron chi connectivity index (χ4n) is 1.99. The van der Waals surface area contributed by atoms with E-state index < -0.39 is 5.60 Å². The molecule has 20 heavy (non-hydrogen) atoms. The molecule has 0 fully saturated rings. The van der Waals surface area contributed by atoms with E-state index in [0.717, 1.165) is 15.1 Å². The molecular formula is C13H21N5OS. The van der Waals surface area contributed by atoms with Crippen LogP contribution in [0, 0.1) is 6.92 Å². The normalized spacial score (nSPS) is 11.8. The molecule has 0 aromatic carbocycles. The maximum absolute atomic E-state index is 10.4. The molecule has 0 saturated heterocycles. The highest BCUT2D eigenvalue weighted by Gasteiger charge is 2.22. The summed E-state index contributed by atoms with van der Waals surface area (Å²) in [5.41, 5.74) is 1.75. The molecule has 0 saturated carbocycles. The Balaban J connectivity index is 2.32. The van der Waals surface area contributed by atoms with Gasteiger partial charge in [-0.15, -0.1) is 11.3 Å². The highest BCUT2D eigenvalue weighted by atomic mass is 32.1. The van der Waals surface area contributed by atoms with Crippen molar-refractivity contribution in [1.82, 2.24) is 9.97 Å². The molecule has 7 heteroatoms. The first-order chi connectivity index (χ1) is 9.51. The predicted octanol–water partition coefficient (Wildman–Crippen LogP) is 2.25. The Kier molecular flexibility index (Phi) is 4.42. The third kappa shape index (κ3) is 3.00. The molecule has 2 aromatic rings. The van der Waals surface area contributed by atoms with Crippen LogP contribution in [0.5, 0.6) is 0 Å². The van der Waals surface area contributed by atoms with Crippen LogP contribution in [0.15, 0.2) is 6.07 Å². The van der Waals surface area contributed by atoms with Crippen LogP contribution in [0.2, 0.25) is 0 Å². The average molecular weight is 295 g/mol. The van der Waals surface area contributed by atoms with E-state index in [2.05, 4.69) is 20.7 Å². The molecule has 0 radical (unpaired) electrons. The number of nitrogens with two attached hydrogens (primary N) is 1. The van der Waals surface area contributed by atoms with Crippen LogP contribution >= 0.6 is 11.3 Å². The zero-order valence-corrected chi connectivity index (χ0v) is 12.8. The number of hydrazine groups is 1. The molecule has 0 aliphatic heterocycles. The van der Waals surface area contributed by atoms with Gasteiger partial charge in [0.05, 0.1) is 11.0 Å². The SMILES string of the molecule is CCC(O)(CC)CNc1nc(NN)nc2sc(C)cc12. The maximum Gasteiger partial charge on any atom is 0.240 e. The van der Waals surface area contributed by atoms with Gasteiger partial charge in [0, 0.05) is 11.4 Å². The van der Waals surface area contributed by atoms with Crippen molar-refractivity contribution >= 4 is 33.3 Å². The minimum absolute atomic E-state index is 0.374. The Morgan fingerprint density at radius 1 is 1.35 bits per heavy atom. The van der Waals surface area contributed by atoms with E-state index in [-0.39, 0.29) is 0 Å². The van der Waals surface area contributed by atoms with Gasteiger partial charge in [-0.05, 0) is 25.8 Å². The largest absolute Gasteiger partial charge is 0.388 e. The van der Waals surface area contributed by atoms with E-state index in [1.165, 1.54) is 0 Å². The molecule has 6 nitrogen and oxygen atoms in total. The first-order valence-electron chi connectivity index (χ1n) is 6.72. The summed E-state index contributed by atoms with van der Waals surface area (Å²) >= 11 is 1.59. The number of rotatable bonds is 6. The Morgan fingerprint density at radius 3 is 2.65 bits per heavy atom. The lowest BCUT2D eigenvalue weighted by Gasteiger charge is -2.25. The molecule has 0 spiro atoms. The molecule has 0 atom stereocenters. The van der Waals surface area contributed by atoms with Crippen molar-refractivity contribution in [3.63, 3.8) is 0 Å². The first kappa shape index (κ1) is 15.0. The standard InChI is InChI=1S/C13H21N5OS/c1-4-13(19,5-2)7-15-10-9-6-8(3)20-11(9)17-12(16-10)18-14/h6,19H,4-5,7,14H2,1-3H3,(H2,15,16,17,18). The molecule has 0 aliphatic carbocycles. The number of aromatic nitrogens is 2. The Morgan fingerprint density at radius 2 is 2.05 bits per heavy atom. The number of hydrogen-bond donors (Lipinski definition) is 4. The van der Waals surface area contributed by atoms with Gasteiger partial charge in [0.15, 0.2) is 0 Å².